The number of hydrogen-bond donors (Lipinski definition) is 3. The summed E-state index contributed by atoms with van der Waals surface area (Å²) in [5.41, 5.74) is 6.80. The Hall–Kier alpha value is -2.39. The van der Waals surface area contributed by atoms with Crippen LogP contribution in [0.5, 0.6) is 5.75 Å². The van der Waals surface area contributed by atoms with E-state index < -0.39 is 5.25 Å². The van der Waals surface area contributed by atoms with Crippen LogP contribution in [0.15, 0.2) is 28.8 Å². The SMILES string of the molecule is COc1ccc(NC(=O)CSC(C)C(=O)Nc2cc(C)on2)cc1N.Cl. The lowest BCUT2D eigenvalue weighted by Crippen LogP contribution is -2.25. The number of nitrogens with zero attached hydrogens (tertiary/aromatic N) is 1. The van der Waals surface area contributed by atoms with Crippen LogP contribution in [0, 0.1) is 6.92 Å². The Labute approximate surface area is 161 Å². The smallest absolute Gasteiger partial charge is 0.238 e. The van der Waals surface area contributed by atoms with Crippen LogP contribution in [-0.4, -0.2) is 35.1 Å². The molecule has 0 radical (unpaired) electrons. The summed E-state index contributed by atoms with van der Waals surface area (Å²) in [4.78, 5) is 24.0. The zero-order valence-corrected chi connectivity index (χ0v) is 16.2. The third-order valence-corrected chi connectivity index (χ3v) is 4.37. The molecule has 0 aliphatic rings. The summed E-state index contributed by atoms with van der Waals surface area (Å²) in [6, 6.07) is 6.61. The van der Waals surface area contributed by atoms with E-state index in [1.165, 1.54) is 18.9 Å². The van der Waals surface area contributed by atoms with E-state index in [1.54, 1.807) is 38.1 Å². The van der Waals surface area contributed by atoms with Crippen LogP contribution in [0.2, 0.25) is 0 Å². The van der Waals surface area contributed by atoms with E-state index in [-0.39, 0.29) is 30.0 Å². The van der Waals surface area contributed by atoms with E-state index in [4.69, 9.17) is 15.0 Å². The summed E-state index contributed by atoms with van der Waals surface area (Å²) in [7, 11) is 1.52. The zero-order chi connectivity index (χ0) is 18.4. The van der Waals surface area contributed by atoms with Crippen molar-refractivity contribution in [2.75, 3.05) is 29.2 Å². The number of benzene rings is 1. The molecule has 8 nitrogen and oxygen atoms in total. The van der Waals surface area contributed by atoms with Gasteiger partial charge >= 0.3 is 0 Å². The first-order valence-electron chi connectivity index (χ1n) is 7.48. The molecule has 1 unspecified atom stereocenters. The van der Waals surface area contributed by atoms with E-state index in [2.05, 4.69) is 15.8 Å². The fourth-order valence-electron chi connectivity index (χ4n) is 1.94. The molecule has 2 aromatic rings. The monoisotopic (exact) mass is 400 g/mol. The molecule has 0 bridgehead atoms. The fourth-order valence-corrected chi connectivity index (χ4v) is 2.62. The average Bonchev–Trinajstić information content (AvgIpc) is 2.97. The van der Waals surface area contributed by atoms with Crippen LogP contribution in [0.4, 0.5) is 17.2 Å². The molecular weight excluding hydrogens is 380 g/mol. The van der Waals surface area contributed by atoms with E-state index in [9.17, 15) is 9.59 Å². The van der Waals surface area contributed by atoms with Gasteiger partial charge in [0.1, 0.15) is 11.5 Å². The van der Waals surface area contributed by atoms with Gasteiger partial charge in [-0.2, -0.15) is 0 Å². The van der Waals surface area contributed by atoms with Crippen LogP contribution in [0.25, 0.3) is 0 Å². The molecule has 0 spiro atoms. The van der Waals surface area contributed by atoms with Gasteiger partial charge in [0.2, 0.25) is 11.8 Å². The number of carbonyl (C=O) groups excluding carboxylic acids is 2. The summed E-state index contributed by atoms with van der Waals surface area (Å²) < 4.78 is 9.94. The number of hydrogen-bond acceptors (Lipinski definition) is 7. The second-order valence-electron chi connectivity index (χ2n) is 5.27. The number of aryl methyl sites for hydroxylation is 1. The Morgan fingerprint density at radius 3 is 2.65 bits per heavy atom. The number of anilines is 3. The zero-order valence-electron chi connectivity index (χ0n) is 14.6. The highest BCUT2D eigenvalue weighted by Gasteiger charge is 2.17. The van der Waals surface area contributed by atoms with E-state index >= 15 is 0 Å². The minimum Gasteiger partial charge on any atom is -0.495 e. The lowest BCUT2D eigenvalue weighted by atomic mass is 10.2. The fraction of sp³-hybridized carbons (Fsp3) is 0.312. The lowest BCUT2D eigenvalue weighted by molar-refractivity contribution is -0.115. The molecule has 0 aliphatic heterocycles. The normalized spacial score (nSPS) is 11.2. The molecule has 1 heterocycles. The van der Waals surface area contributed by atoms with Crippen LogP contribution in [-0.2, 0) is 9.59 Å². The molecule has 0 saturated heterocycles. The molecule has 2 rings (SSSR count). The summed E-state index contributed by atoms with van der Waals surface area (Å²) >= 11 is 1.21. The molecule has 1 atom stereocenters. The third kappa shape index (κ3) is 6.16. The molecule has 10 heteroatoms. The number of methoxy groups -OCH3 is 1. The average molecular weight is 401 g/mol. The van der Waals surface area contributed by atoms with Crippen molar-refractivity contribution in [3.63, 3.8) is 0 Å². The second kappa shape index (κ2) is 9.93. The maximum atomic E-state index is 12.0. The first-order chi connectivity index (χ1) is 11.9. The second-order valence-corrected chi connectivity index (χ2v) is 6.60. The van der Waals surface area contributed by atoms with Gasteiger partial charge in [0, 0.05) is 11.8 Å². The first kappa shape index (κ1) is 21.7. The van der Waals surface area contributed by atoms with Crippen molar-refractivity contribution in [1.82, 2.24) is 5.16 Å². The largest absolute Gasteiger partial charge is 0.495 e. The Bertz CT molecular complexity index is 768. The minimum absolute atomic E-state index is 0. The predicted octanol–water partition coefficient (Wildman–Crippen LogP) is 2.69. The number of nitrogens with two attached hydrogens (primary N) is 1. The number of nitrogens with one attached hydrogen (secondary N) is 2. The Balaban J connectivity index is 0.00000338. The molecule has 1 aromatic heterocycles. The van der Waals surface area contributed by atoms with Gasteiger partial charge in [-0.25, -0.2) is 0 Å². The maximum Gasteiger partial charge on any atom is 0.238 e. The van der Waals surface area contributed by atoms with Gasteiger partial charge in [-0.05, 0) is 32.0 Å². The third-order valence-electron chi connectivity index (χ3n) is 3.23. The van der Waals surface area contributed by atoms with E-state index in [0.29, 0.717) is 28.7 Å². The number of nitrogen functional groups attached to an aromatic ring is 1. The molecule has 142 valence electrons. The Morgan fingerprint density at radius 1 is 1.35 bits per heavy atom. The molecule has 4 N–H and O–H groups in total. The van der Waals surface area contributed by atoms with Crippen LogP contribution in [0.1, 0.15) is 12.7 Å². The highest BCUT2D eigenvalue weighted by molar-refractivity contribution is 8.01. The number of thioether (sulfide) groups is 1. The summed E-state index contributed by atoms with van der Waals surface area (Å²) in [5.74, 6) is 1.15. The minimum atomic E-state index is -0.427. The van der Waals surface area contributed by atoms with Gasteiger partial charge in [0.15, 0.2) is 5.82 Å². The number of ether oxygens (including phenoxy) is 1. The Morgan fingerprint density at radius 2 is 2.08 bits per heavy atom. The van der Waals surface area contributed by atoms with Crippen molar-refractivity contribution in [2.45, 2.75) is 19.1 Å². The van der Waals surface area contributed by atoms with Crippen LogP contribution < -0.4 is 21.1 Å². The molecule has 1 aromatic carbocycles. The number of halogens is 1. The van der Waals surface area contributed by atoms with Crippen LogP contribution >= 0.6 is 24.2 Å². The molecule has 26 heavy (non-hydrogen) atoms. The number of aromatic nitrogens is 1. The van der Waals surface area contributed by atoms with Crippen molar-refractivity contribution >= 4 is 53.2 Å². The van der Waals surface area contributed by atoms with Crippen molar-refractivity contribution in [3.8, 4) is 5.75 Å². The molecule has 2 amide bonds. The maximum absolute atomic E-state index is 12.0. The van der Waals surface area contributed by atoms with Crippen molar-refractivity contribution in [1.29, 1.82) is 0 Å². The highest BCUT2D eigenvalue weighted by Crippen LogP contribution is 2.24. The topological polar surface area (TPSA) is 119 Å². The first-order valence-corrected chi connectivity index (χ1v) is 8.53. The molecule has 0 aliphatic carbocycles. The summed E-state index contributed by atoms with van der Waals surface area (Å²) in [6.07, 6.45) is 0. The van der Waals surface area contributed by atoms with Crippen molar-refractivity contribution in [3.05, 3.63) is 30.0 Å². The lowest BCUT2D eigenvalue weighted by Gasteiger charge is -2.11. The Kier molecular flexibility index (Phi) is 8.27. The highest BCUT2D eigenvalue weighted by atomic mass is 35.5. The predicted molar refractivity (Wildman–Crippen MR) is 105 cm³/mol. The quantitative estimate of drug-likeness (QED) is 0.611. The number of carbonyl (C=O) groups is 2. The van der Waals surface area contributed by atoms with Gasteiger partial charge in [0.05, 0.1) is 23.8 Å². The van der Waals surface area contributed by atoms with Crippen LogP contribution in [0.3, 0.4) is 0 Å². The molecule has 0 fully saturated rings. The van der Waals surface area contributed by atoms with E-state index in [1.807, 2.05) is 0 Å². The summed E-state index contributed by atoms with van der Waals surface area (Å²) in [6.45, 7) is 3.45. The molecular formula is C16H21ClN4O4S. The van der Waals surface area contributed by atoms with Gasteiger partial charge < -0.3 is 25.6 Å². The van der Waals surface area contributed by atoms with Gasteiger partial charge in [-0.15, -0.1) is 24.2 Å². The standard InChI is InChI=1S/C16H20N4O4S.ClH/c1-9-6-14(20-24-9)19-16(22)10(2)25-8-15(21)18-11-4-5-13(23-3)12(17)7-11;/h4-7,10H,8,17H2,1-3H3,(H,18,21)(H,19,20,22);1H. The van der Waals surface area contributed by atoms with Crippen molar-refractivity contribution in [2.24, 2.45) is 0 Å². The number of rotatable bonds is 7. The number of amides is 2. The van der Waals surface area contributed by atoms with E-state index in [0.717, 1.165) is 0 Å². The molecule has 0 saturated carbocycles. The van der Waals surface area contributed by atoms with Gasteiger partial charge in [-0.1, -0.05) is 5.16 Å². The van der Waals surface area contributed by atoms with Gasteiger partial charge in [-0.3, -0.25) is 9.59 Å². The van der Waals surface area contributed by atoms with Crippen molar-refractivity contribution < 1.29 is 18.8 Å². The summed E-state index contributed by atoms with van der Waals surface area (Å²) in [5, 5.41) is 8.62. The van der Waals surface area contributed by atoms with Gasteiger partial charge in [0.25, 0.3) is 0 Å².